The summed E-state index contributed by atoms with van der Waals surface area (Å²) in [6.45, 7) is 1.05. The van der Waals surface area contributed by atoms with Gasteiger partial charge in [-0.15, -0.1) is 0 Å². The Morgan fingerprint density at radius 2 is 1.89 bits per heavy atom. The highest BCUT2D eigenvalue weighted by molar-refractivity contribution is 5.94. The number of carbonyl (C=O) groups is 1. The molecule has 1 aromatic heterocycles. The number of hydrogen-bond acceptors (Lipinski definition) is 4. The average Bonchev–Trinajstić information content (AvgIpc) is 2.74. The molecule has 2 aromatic carbocycles. The minimum absolute atomic E-state index is 0.222. The van der Waals surface area contributed by atoms with Crippen LogP contribution in [-0.4, -0.2) is 24.5 Å². The molecule has 0 saturated carbocycles. The number of carbonyl (C=O) groups excluding carboxylic acids is 1. The third kappa shape index (κ3) is 5.54. The summed E-state index contributed by atoms with van der Waals surface area (Å²) in [4.78, 5) is 16.5. The van der Waals surface area contributed by atoms with Gasteiger partial charge >= 0.3 is 0 Å². The number of ether oxygens (including phenoxy) is 1. The minimum atomic E-state index is -0.297. The first-order valence-electron chi connectivity index (χ1n) is 8.99. The Balaban J connectivity index is 1.47. The molecule has 144 valence electrons. The van der Waals surface area contributed by atoms with E-state index in [0.717, 1.165) is 24.3 Å². The lowest BCUT2D eigenvalue weighted by Gasteiger charge is -2.08. The molecule has 5 nitrogen and oxygen atoms in total. The molecule has 1 amide bonds. The lowest BCUT2D eigenvalue weighted by Crippen LogP contribution is -2.23. The van der Waals surface area contributed by atoms with Crippen molar-refractivity contribution < 1.29 is 13.9 Å². The van der Waals surface area contributed by atoms with Crippen molar-refractivity contribution in [2.75, 3.05) is 19.0 Å². The van der Waals surface area contributed by atoms with E-state index in [9.17, 15) is 9.18 Å². The van der Waals surface area contributed by atoms with Gasteiger partial charge in [0.2, 0.25) is 0 Å². The van der Waals surface area contributed by atoms with Crippen molar-refractivity contribution in [3.05, 3.63) is 89.4 Å². The Labute approximate surface area is 163 Å². The van der Waals surface area contributed by atoms with Crippen LogP contribution < -0.4 is 15.4 Å². The topological polar surface area (TPSA) is 63.2 Å². The molecule has 0 aliphatic carbocycles. The standard InChI is InChI=1S/C22H22FN3O2/c1-28-20-4-2-3-16(13-20)11-12-24-21-10-7-18(15-25-21)22(27)26-14-17-5-8-19(23)9-6-17/h2-10,13,15H,11-12,14H2,1H3,(H,24,25)(H,26,27). The van der Waals surface area contributed by atoms with Gasteiger partial charge in [0.25, 0.3) is 5.91 Å². The number of anilines is 1. The monoisotopic (exact) mass is 379 g/mol. The molecule has 0 fully saturated rings. The van der Waals surface area contributed by atoms with Crippen molar-refractivity contribution in [3.8, 4) is 5.75 Å². The first-order valence-corrected chi connectivity index (χ1v) is 8.99. The van der Waals surface area contributed by atoms with E-state index in [-0.39, 0.29) is 11.7 Å². The SMILES string of the molecule is COc1cccc(CCNc2ccc(C(=O)NCc3ccc(F)cc3)cn2)c1. The number of amides is 1. The highest BCUT2D eigenvalue weighted by Crippen LogP contribution is 2.13. The van der Waals surface area contributed by atoms with Crippen molar-refractivity contribution in [2.24, 2.45) is 0 Å². The third-order valence-corrected chi connectivity index (χ3v) is 4.25. The highest BCUT2D eigenvalue weighted by atomic mass is 19.1. The van der Waals surface area contributed by atoms with Gasteiger partial charge in [0.1, 0.15) is 17.4 Å². The van der Waals surface area contributed by atoms with Crippen LogP contribution in [0.2, 0.25) is 0 Å². The summed E-state index contributed by atoms with van der Waals surface area (Å²) in [5, 5.41) is 6.04. The Hall–Kier alpha value is -3.41. The fourth-order valence-corrected chi connectivity index (χ4v) is 2.68. The van der Waals surface area contributed by atoms with E-state index in [2.05, 4.69) is 15.6 Å². The van der Waals surface area contributed by atoms with E-state index >= 15 is 0 Å². The van der Waals surface area contributed by atoms with Crippen molar-refractivity contribution in [1.82, 2.24) is 10.3 Å². The third-order valence-electron chi connectivity index (χ3n) is 4.25. The molecule has 1 heterocycles. The quantitative estimate of drug-likeness (QED) is 0.625. The van der Waals surface area contributed by atoms with Gasteiger partial charge in [-0.1, -0.05) is 24.3 Å². The number of methoxy groups -OCH3 is 1. The summed E-state index contributed by atoms with van der Waals surface area (Å²) in [5.74, 6) is 1.03. The number of nitrogens with one attached hydrogen (secondary N) is 2. The zero-order valence-electron chi connectivity index (χ0n) is 15.6. The van der Waals surface area contributed by atoms with Crippen molar-refractivity contribution in [3.63, 3.8) is 0 Å². The van der Waals surface area contributed by atoms with E-state index in [1.807, 2.05) is 24.3 Å². The molecular formula is C22H22FN3O2. The maximum atomic E-state index is 12.9. The maximum Gasteiger partial charge on any atom is 0.253 e. The molecule has 0 radical (unpaired) electrons. The second-order valence-electron chi connectivity index (χ2n) is 6.27. The zero-order chi connectivity index (χ0) is 19.8. The number of aromatic nitrogens is 1. The van der Waals surface area contributed by atoms with Crippen LogP contribution in [0.25, 0.3) is 0 Å². The molecule has 28 heavy (non-hydrogen) atoms. The summed E-state index contributed by atoms with van der Waals surface area (Å²) in [5.41, 5.74) is 2.47. The van der Waals surface area contributed by atoms with E-state index < -0.39 is 0 Å². The molecule has 0 saturated heterocycles. The number of hydrogen-bond donors (Lipinski definition) is 2. The van der Waals surface area contributed by atoms with Crippen LogP contribution in [0.3, 0.4) is 0 Å². The fraction of sp³-hybridized carbons (Fsp3) is 0.182. The van der Waals surface area contributed by atoms with Crippen molar-refractivity contribution in [2.45, 2.75) is 13.0 Å². The summed E-state index contributed by atoms with van der Waals surface area (Å²) < 4.78 is 18.1. The number of benzene rings is 2. The van der Waals surface area contributed by atoms with Gasteiger partial charge in [-0.25, -0.2) is 9.37 Å². The van der Waals surface area contributed by atoms with E-state index in [4.69, 9.17) is 4.74 Å². The lowest BCUT2D eigenvalue weighted by molar-refractivity contribution is 0.0950. The smallest absolute Gasteiger partial charge is 0.253 e. The average molecular weight is 379 g/mol. The van der Waals surface area contributed by atoms with Crippen LogP contribution in [0.5, 0.6) is 5.75 Å². The van der Waals surface area contributed by atoms with Crippen LogP contribution in [-0.2, 0) is 13.0 Å². The Morgan fingerprint density at radius 1 is 1.07 bits per heavy atom. The van der Waals surface area contributed by atoms with Crippen molar-refractivity contribution >= 4 is 11.7 Å². The number of pyridine rings is 1. The normalized spacial score (nSPS) is 10.4. The molecule has 3 rings (SSSR count). The molecule has 0 aliphatic heterocycles. The molecule has 0 bridgehead atoms. The van der Waals surface area contributed by atoms with E-state index in [1.165, 1.54) is 23.9 Å². The first kappa shape index (κ1) is 19.4. The Kier molecular flexibility index (Phi) is 6.57. The number of rotatable bonds is 8. The van der Waals surface area contributed by atoms with Gasteiger partial charge in [0.15, 0.2) is 0 Å². The predicted octanol–water partition coefficient (Wildman–Crippen LogP) is 3.81. The van der Waals surface area contributed by atoms with Gasteiger partial charge in [-0.3, -0.25) is 4.79 Å². The van der Waals surface area contributed by atoms with Gasteiger partial charge in [-0.2, -0.15) is 0 Å². The van der Waals surface area contributed by atoms with Crippen LogP contribution in [0, 0.1) is 5.82 Å². The molecule has 0 spiro atoms. The lowest BCUT2D eigenvalue weighted by atomic mass is 10.1. The van der Waals surface area contributed by atoms with Crippen molar-refractivity contribution in [1.29, 1.82) is 0 Å². The Morgan fingerprint density at radius 3 is 2.61 bits per heavy atom. The fourth-order valence-electron chi connectivity index (χ4n) is 2.68. The molecule has 3 aromatic rings. The molecule has 0 aliphatic rings. The van der Waals surface area contributed by atoms with Gasteiger partial charge < -0.3 is 15.4 Å². The highest BCUT2D eigenvalue weighted by Gasteiger charge is 2.06. The van der Waals surface area contributed by atoms with Crippen LogP contribution in [0.15, 0.2) is 66.9 Å². The summed E-state index contributed by atoms with van der Waals surface area (Å²) >= 11 is 0. The van der Waals surface area contributed by atoms with E-state index in [1.54, 1.807) is 31.4 Å². The first-order chi connectivity index (χ1) is 13.6. The van der Waals surface area contributed by atoms with Crippen LogP contribution in [0.1, 0.15) is 21.5 Å². The number of halogens is 1. The molecule has 0 atom stereocenters. The molecule has 6 heteroatoms. The Bertz CT molecular complexity index is 912. The van der Waals surface area contributed by atoms with Gasteiger partial charge in [0, 0.05) is 19.3 Å². The maximum absolute atomic E-state index is 12.9. The minimum Gasteiger partial charge on any atom is -0.497 e. The number of nitrogens with zero attached hydrogens (tertiary/aromatic N) is 1. The molecule has 0 unspecified atom stereocenters. The van der Waals surface area contributed by atoms with E-state index in [0.29, 0.717) is 17.9 Å². The van der Waals surface area contributed by atoms with Gasteiger partial charge in [-0.05, 0) is 53.9 Å². The molecular weight excluding hydrogens is 357 g/mol. The van der Waals surface area contributed by atoms with Crippen LogP contribution >= 0.6 is 0 Å². The summed E-state index contributed by atoms with van der Waals surface area (Å²) in [6.07, 6.45) is 2.37. The summed E-state index contributed by atoms with van der Waals surface area (Å²) in [7, 11) is 1.65. The zero-order valence-corrected chi connectivity index (χ0v) is 15.6. The summed E-state index contributed by atoms with van der Waals surface area (Å²) in [6, 6.07) is 17.5. The predicted molar refractivity (Wildman–Crippen MR) is 107 cm³/mol. The molecule has 2 N–H and O–H groups in total. The second-order valence-corrected chi connectivity index (χ2v) is 6.27. The van der Waals surface area contributed by atoms with Gasteiger partial charge in [0.05, 0.1) is 12.7 Å². The largest absolute Gasteiger partial charge is 0.497 e. The second kappa shape index (κ2) is 9.50. The van der Waals surface area contributed by atoms with Crippen LogP contribution in [0.4, 0.5) is 10.2 Å².